The van der Waals surface area contributed by atoms with Gasteiger partial charge in [0, 0.05) is 16.2 Å². The first kappa shape index (κ1) is 16.2. The van der Waals surface area contributed by atoms with E-state index in [4.69, 9.17) is 11.6 Å². The quantitative estimate of drug-likeness (QED) is 0.759. The lowest BCUT2D eigenvalue weighted by atomic mass is 10.0. The Hall–Kier alpha value is -1.18. The van der Waals surface area contributed by atoms with E-state index in [1.807, 2.05) is 0 Å². The molecule has 0 aliphatic rings. The number of aliphatic hydroxyl groups is 1. The van der Waals surface area contributed by atoms with Gasteiger partial charge in [0.05, 0.1) is 10.6 Å². The van der Waals surface area contributed by atoms with Crippen molar-refractivity contribution in [3.63, 3.8) is 0 Å². The standard InChI is InChI=1S/C13H7BrClF4NO/c14-7-4-3-6(13(17,18)19)10(15)9(7)12(21)11-8(16)2-1-5-20-11/h1-5,12,21H. The molecular weight excluding hydrogens is 377 g/mol. The molecule has 1 N–H and O–H groups in total. The van der Waals surface area contributed by atoms with Crippen molar-refractivity contribution < 1.29 is 22.7 Å². The number of hydrogen-bond donors (Lipinski definition) is 1. The predicted octanol–water partition coefficient (Wildman–Crippen LogP) is 4.74. The van der Waals surface area contributed by atoms with Gasteiger partial charge in [-0.3, -0.25) is 4.98 Å². The normalized spacial score (nSPS) is 13.3. The molecule has 1 atom stereocenters. The number of aromatic nitrogens is 1. The third-order valence-corrected chi connectivity index (χ3v) is 3.85. The second-order valence-corrected chi connectivity index (χ2v) is 5.33. The number of alkyl halides is 3. The largest absolute Gasteiger partial charge is 0.417 e. The van der Waals surface area contributed by atoms with Crippen molar-refractivity contribution in [2.75, 3.05) is 0 Å². The van der Waals surface area contributed by atoms with Gasteiger partial charge in [-0.15, -0.1) is 0 Å². The van der Waals surface area contributed by atoms with E-state index in [2.05, 4.69) is 20.9 Å². The van der Waals surface area contributed by atoms with Gasteiger partial charge in [-0.25, -0.2) is 4.39 Å². The summed E-state index contributed by atoms with van der Waals surface area (Å²) in [5.74, 6) is -0.842. The van der Waals surface area contributed by atoms with E-state index < -0.39 is 34.4 Å². The molecule has 0 bridgehead atoms. The fourth-order valence-corrected chi connectivity index (χ4v) is 2.81. The van der Waals surface area contributed by atoms with Crippen LogP contribution in [0.2, 0.25) is 5.02 Å². The first-order valence-electron chi connectivity index (χ1n) is 5.57. The maximum Gasteiger partial charge on any atom is 0.417 e. The van der Waals surface area contributed by atoms with Crippen LogP contribution in [-0.4, -0.2) is 10.1 Å². The van der Waals surface area contributed by atoms with Crippen LogP contribution in [0.5, 0.6) is 0 Å². The van der Waals surface area contributed by atoms with Crippen LogP contribution < -0.4 is 0 Å². The van der Waals surface area contributed by atoms with Gasteiger partial charge < -0.3 is 5.11 Å². The molecule has 1 aromatic heterocycles. The third kappa shape index (κ3) is 3.20. The van der Waals surface area contributed by atoms with Crippen LogP contribution in [0.1, 0.15) is 22.9 Å². The van der Waals surface area contributed by atoms with Crippen LogP contribution in [0.3, 0.4) is 0 Å². The summed E-state index contributed by atoms with van der Waals surface area (Å²) in [5.41, 5.74) is -1.80. The topological polar surface area (TPSA) is 33.1 Å². The highest BCUT2D eigenvalue weighted by Gasteiger charge is 2.36. The minimum Gasteiger partial charge on any atom is -0.382 e. The Kier molecular flexibility index (Phi) is 4.55. The Labute approximate surface area is 130 Å². The van der Waals surface area contributed by atoms with Gasteiger partial charge in [0.15, 0.2) is 0 Å². The van der Waals surface area contributed by atoms with Gasteiger partial charge in [-0.05, 0) is 24.3 Å². The molecule has 8 heteroatoms. The minimum absolute atomic E-state index is 0.123. The van der Waals surface area contributed by atoms with Gasteiger partial charge in [0.2, 0.25) is 0 Å². The fraction of sp³-hybridized carbons (Fsp3) is 0.154. The lowest BCUT2D eigenvalue weighted by Gasteiger charge is -2.18. The Bertz CT molecular complexity index is 678. The Balaban J connectivity index is 2.61. The van der Waals surface area contributed by atoms with Crippen LogP contribution in [0.25, 0.3) is 0 Å². The number of aliphatic hydroxyl groups excluding tert-OH is 1. The number of nitrogens with zero attached hydrogens (tertiary/aromatic N) is 1. The monoisotopic (exact) mass is 383 g/mol. The van der Waals surface area contributed by atoms with Crippen molar-refractivity contribution in [1.82, 2.24) is 4.98 Å². The Morgan fingerprint density at radius 3 is 2.48 bits per heavy atom. The number of halogens is 6. The molecule has 0 aliphatic carbocycles. The Morgan fingerprint density at radius 1 is 1.24 bits per heavy atom. The van der Waals surface area contributed by atoms with E-state index in [0.29, 0.717) is 0 Å². The average Bonchev–Trinajstić information content (AvgIpc) is 2.37. The van der Waals surface area contributed by atoms with Crippen molar-refractivity contribution in [2.45, 2.75) is 12.3 Å². The highest BCUT2D eigenvalue weighted by molar-refractivity contribution is 9.10. The molecule has 0 aliphatic heterocycles. The summed E-state index contributed by atoms with van der Waals surface area (Å²) in [5, 5.41) is 9.44. The number of rotatable bonds is 2. The van der Waals surface area contributed by atoms with E-state index in [1.165, 1.54) is 12.3 Å². The van der Waals surface area contributed by atoms with Gasteiger partial charge >= 0.3 is 6.18 Å². The van der Waals surface area contributed by atoms with Gasteiger partial charge in [0.1, 0.15) is 17.6 Å². The predicted molar refractivity (Wildman–Crippen MR) is 72.4 cm³/mol. The summed E-state index contributed by atoms with van der Waals surface area (Å²) in [6.45, 7) is 0. The Morgan fingerprint density at radius 2 is 1.90 bits per heavy atom. The van der Waals surface area contributed by atoms with E-state index in [0.717, 1.165) is 18.2 Å². The molecule has 0 fully saturated rings. The van der Waals surface area contributed by atoms with Gasteiger partial charge in [-0.2, -0.15) is 13.2 Å². The zero-order valence-corrected chi connectivity index (χ0v) is 12.5. The summed E-state index contributed by atoms with van der Waals surface area (Å²) >= 11 is 8.74. The van der Waals surface area contributed by atoms with E-state index in [9.17, 15) is 22.7 Å². The van der Waals surface area contributed by atoms with Crippen LogP contribution >= 0.6 is 27.5 Å². The van der Waals surface area contributed by atoms with Crippen molar-refractivity contribution in [1.29, 1.82) is 0 Å². The zero-order chi connectivity index (χ0) is 15.8. The zero-order valence-electron chi connectivity index (χ0n) is 10.1. The molecule has 112 valence electrons. The third-order valence-electron chi connectivity index (χ3n) is 2.75. The van der Waals surface area contributed by atoms with Crippen LogP contribution in [-0.2, 0) is 6.18 Å². The maximum absolute atomic E-state index is 13.6. The molecule has 2 aromatic rings. The summed E-state index contributed by atoms with van der Waals surface area (Å²) in [7, 11) is 0. The van der Waals surface area contributed by atoms with E-state index in [1.54, 1.807) is 0 Å². The minimum atomic E-state index is -4.69. The molecule has 0 saturated heterocycles. The summed E-state index contributed by atoms with van der Waals surface area (Å²) in [4.78, 5) is 3.64. The summed E-state index contributed by atoms with van der Waals surface area (Å²) < 4.78 is 52.2. The van der Waals surface area contributed by atoms with E-state index >= 15 is 0 Å². The van der Waals surface area contributed by atoms with Crippen LogP contribution in [0, 0.1) is 5.82 Å². The first-order valence-corrected chi connectivity index (χ1v) is 6.74. The molecule has 1 heterocycles. The molecule has 2 rings (SSSR count). The summed E-state index contributed by atoms with van der Waals surface area (Å²) in [6.07, 6.45) is -5.19. The second kappa shape index (κ2) is 5.90. The van der Waals surface area contributed by atoms with Crippen LogP contribution in [0.4, 0.5) is 17.6 Å². The average molecular weight is 385 g/mol. The SMILES string of the molecule is OC(c1ncccc1F)c1c(Br)ccc(C(F)(F)F)c1Cl. The van der Waals surface area contributed by atoms with Crippen molar-refractivity contribution in [3.05, 3.63) is 62.6 Å². The molecule has 0 amide bonds. The molecule has 21 heavy (non-hydrogen) atoms. The second-order valence-electron chi connectivity index (χ2n) is 4.09. The van der Waals surface area contributed by atoms with Crippen molar-refractivity contribution in [3.8, 4) is 0 Å². The van der Waals surface area contributed by atoms with E-state index in [-0.39, 0.29) is 10.0 Å². The highest BCUT2D eigenvalue weighted by atomic mass is 79.9. The molecule has 2 nitrogen and oxygen atoms in total. The van der Waals surface area contributed by atoms with Crippen LogP contribution in [0.15, 0.2) is 34.9 Å². The number of hydrogen-bond acceptors (Lipinski definition) is 2. The fourth-order valence-electron chi connectivity index (χ4n) is 1.77. The molecule has 1 unspecified atom stereocenters. The lowest BCUT2D eigenvalue weighted by molar-refractivity contribution is -0.137. The first-order chi connectivity index (χ1) is 9.73. The number of benzene rings is 1. The summed E-state index contributed by atoms with van der Waals surface area (Å²) in [6, 6.07) is 4.21. The van der Waals surface area contributed by atoms with Gasteiger partial charge in [0.25, 0.3) is 0 Å². The highest BCUT2D eigenvalue weighted by Crippen LogP contribution is 2.42. The van der Waals surface area contributed by atoms with Crippen molar-refractivity contribution >= 4 is 27.5 Å². The molecule has 0 radical (unpaired) electrons. The number of pyridine rings is 1. The lowest BCUT2D eigenvalue weighted by Crippen LogP contribution is -2.11. The molecule has 1 aromatic carbocycles. The molecular formula is C13H7BrClF4NO. The van der Waals surface area contributed by atoms with Crippen molar-refractivity contribution in [2.24, 2.45) is 0 Å². The molecule has 0 saturated carbocycles. The maximum atomic E-state index is 13.6. The van der Waals surface area contributed by atoms with Gasteiger partial charge in [-0.1, -0.05) is 27.5 Å². The molecule has 0 spiro atoms. The smallest absolute Gasteiger partial charge is 0.382 e.